The molecule has 0 atom stereocenters. The van der Waals surface area contributed by atoms with Crippen molar-refractivity contribution in [1.82, 2.24) is 14.8 Å². The Balaban J connectivity index is 2.63. The van der Waals surface area contributed by atoms with Gasteiger partial charge in [0.1, 0.15) is 11.6 Å². The fourth-order valence-electron chi connectivity index (χ4n) is 1.28. The number of aromatic nitrogens is 3. The van der Waals surface area contributed by atoms with Crippen LogP contribution in [0.15, 0.2) is 18.2 Å². The number of rotatable bonds is 1. The molecule has 5 heteroatoms. The Hall–Kier alpha value is -1.42. The highest BCUT2D eigenvalue weighted by molar-refractivity contribution is 6.33. The summed E-state index contributed by atoms with van der Waals surface area (Å²) in [4.78, 5) is 4.13. The molecule has 0 spiro atoms. The van der Waals surface area contributed by atoms with Crippen molar-refractivity contribution in [3.63, 3.8) is 0 Å². The van der Waals surface area contributed by atoms with Gasteiger partial charge in [-0.2, -0.15) is 5.10 Å². The summed E-state index contributed by atoms with van der Waals surface area (Å²) in [5, 5.41) is 4.40. The maximum Gasteiger partial charge on any atom is 0.185 e. The van der Waals surface area contributed by atoms with Crippen LogP contribution in [0.5, 0.6) is 0 Å². The summed E-state index contributed by atoms with van der Waals surface area (Å²) in [6.07, 6.45) is 0. The Morgan fingerprint density at radius 1 is 1.40 bits per heavy atom. The molecule has 1 aromatic carbocycles. The largest absolute Gasteiger partial charge is 0.253 e. The first-order valence-electron chi connectivity index (χ1n) is 4.41. The van der Waals surface area contributed by atoms with E-state index < -0.39 is 5.82 Å². The van der Waals surface area contributed by atoms with Gasteiger partial charge < -0.3 is 0 Å². The van der Waals surface area contributed by atoms with E-state index in [4.69, 9.17) is 11.6 Å². The van der Waals surface area contributed by atoms with Gasteiger partial charge in [-0.25, -0.2) is 9.37 Å². The molecule has 0 N–H and O–H groups in total. The molecule has 0 radical (unpaired) electrons. The average molecular weight is 226 g/mol. The summed E-state index contributed by atoms with van der Waals surface area (Å²) in [6, 6.07) is 4.51. The molecular formula is C10H9ClFN3. The van der Waals surface area contributed by atoms with Crippen molar-refractivity contribution in [1.29, 1.82) is 0 Å². The van der Waals surface area contributed by atoms with Crippen LogP contribution in [0, 0.1) is 12.7 Å². The van der Waals surface area contributed by atoms with Crippen LogP contribution < -0.4 is 0 Å². The van der Waals surface area contributed by atoms with Crippen LogP contribution >= 0.6 is 11.6 Å². The van der Waals surface area contributed by atoms with Gasteiger partial charge in [0.15, 0.2) is 5.82 Å². The quantitative estimate of drug-likeness (QED) is 0.747. The monoisotopic (exact) mass is 225 g/mol. The van der Waals surface area contributed by atoms with Crippen LogP contribution in [0.4, 0.5) is 4.39 Å². The second-order valence-corrected chi connectivity index (χ2v) is 3.61. The normalized spacial score (nSPS) is 10.7. The zero-order chi connectivity index (χ0) is 11.0. The SMILES string of the molecule is Cc1nc(-c2c(F)cccc2Cl)nn1C. The predicted molar refractivity (Wildman–Crippen MR) is 56.1 cm³/mol. The van der Waals surface area contributed by atoms with Crippen molar-refractivity contribution in [3.8, 4) is 11.4 Å². The van der Waals surface area contributed by atoms with Crippen LogP contribution in [0.1, 0.15) is 5.82 Å². The predicted octanol–water partition coefficient (Wildman–Crippen LogP) is 2.58. The lowest BCUT2D eigenvalue weighted by Crippen LogP contribution is -1.93. The fraction of sp³-hybridized carbons (Fsp3) is 0.200. The number of halogens is 2. The van der Waals surface area contributed by atoms with Crippen LogP contribution in [0.25, 0.3) is 11.4 Å². The van der Waals surface area contributed by atoms with Gasteiger partial charge in [0.05, 0.1) is 10.6 Å². The summed E-state index contributed by atoms with van der Waals surface area (Å²) >= 11 is 5.90. The first kappa shape index (κ1) is 10.1. The van der Waals surface area contributed by atoms with E-state index in [0.717, 1.165) is 0 Å². The summed E-state index contributed by atoms with van der Waals surface area (Å²) < 4.78 is 15.1. The minimum Gasteiger partial charge on any atom is -0.253 e. The van der Waals surface area contributed by atoms with E-state index in [2.05, 4.69) is 10.1 Å². The number of nitrogens with zero attached hydrogens (tertiary/aromatic N) is 3. The van der Waals surface area contributed by atoms with Gasteiger partial charge in [-0.05, 0) is 19.1 Å². The standard InChI is InChI=1S/C10H9ClFN3/c1-6-13-10(14-15(6)2)9-7(11)4-3-5-8(9)12/h3-5H,1-2H3. The van der Waals surface area contributed by atoms with E-state index >= 15 is 0 Å². The summed E-state index contributed by atoms with van der Waals surface area (Å²) in [6.45, 7) is 1.80. The van der Waals surface area contributed by atoms with Crippen molar-refractivity contribution >= 4 is 11.6 Å². The first-order chi connectivity index (χ1) is 7.09. The van der Waals surface area contributed by atoms with E-state index in [9.17, 15) is 4.39 Å². The molecule has 15 heavy (non-hydrogen) atoms. The van der Waals surface area contributed by atoms with Crippen molar-refractivity contribution in [2.24, 2.45) is 7.05 Å². The summed E-state index contributed by atoms with van der Waals surface area (Å²) in [5.41, 5.74) is 0.253. The highest BCUT2D eigenvalue weighted by Crippen LogP contribution is 2.27. The number of hydrogen-bond donors (Lipinski definition) is 0. The lowest BCUT2D eigenvalue weighted by Gasteiger charge is -1.99. The van der Waals surface area contributed by atoms with Crippen LogP contribution in [-0.4, -0.2) is 14.8 Å². The molecule has 0 aliphatic carbocycles. The minimum atomic E-state index is -0.409. The van der Waals surface area contributed by atoms with Crippen molar-refractivity contribution in [3.05, 3.63) is 34.9 Å². The van der Waals surface area contributed by atoms with Crippen molar-refractivity contribution in [2.45, 2.75) is 6.92 Å². The van der Waals surface area contributed by atoms with Gasteiger partial charge in [0.2, 0.25) is 0 Å². The highest BCUT2D eigenvalue weighted by atomic mass is 35.5. The number of hydrogen-bond acceptors (Lipinski definition) is 2. The molecule has 0 fully saturated rings. The molecule has 0 aliphatic heterocycles. The molecule has 2 aromatic rings. The van der Waals surface area contributed by atoms with E-state index in [1.807, 2.05) is 0 Å². The van der Waals surface area contributed by atoms with Crippen LogP contribution in [-0.2, 0) is 7.05 Å². The molecule has 2 rings (SSSR count). The fourth-order valence-corrected chi connectivity index (χ4v) is 1.53. The Bertz CT molecular complexity index is 468. The molecule has 0 saturated carbocycles. The molecule has 3 nitrogen and oxygen atoms in total. The second kappa shape index (κ2) is 3.62. The van der Waals surface area contributed by atoms with Crippen LogP contribution in [0.3, 0.4) is 0 Å². The Morgan fingerprint density at radius 3 is 2.67 bits per heavy atom. The molecule has 0 amide bonds. The number of benzene rings is 1. The second-order valence-electron chi connectivity index (χ2n) is 3.20. The molecule has 0 aliphatic rings. The Morgan fingerprint density at radius 2 is 2.13 bits per heavy atom. The van der Waals surface area contributed by atoms with Gasteiger partial charge in [-0.1, -0.05) is 17.7 Å². The maximum absolute atomic E-state index is 13.5. The molecule has 0 saturated heterocycles. The molecule has 1 heterocycles. The van der Waals surface area contributed by atoms with Crippen molar-refractivity contribution in [2.75, 3.05) is 0 Å². The summed E-state index contributed by atoms with van der Waals surface area (Å²) in [5.74, 6) is 0.621. The third-order valence-corrected chi connectivity index (χ3v) is 2.48. The van der Waals surface area contributed by atoms with E-state index in [1.165, 1.54) is 6.07 Å². The lowest BCUT2D eigenvalue weighted by molar-refractivity contribution is 0.629. The van der Waals surface area contributed by atoms with E-state index in [0.29, 0.717) is 16.7 Å². The molecule has 78 valence electrons. The van der Waals surface area contributed by atoms with Gasteiger partial charge in [0.25, 0.3) is 0 Å². The van der Waals surface area contributed by atoms with Gasteiger partial charge in [-0.3, -0.25) is 4.68 Å². The first-order valence-corrected chi connectivity index (χ1v) is 4.79. The smallest absolute Gasteiger partial charge is 0.185 e. The number of aryl methyl sites for hydroxylation is 2. The molecule has 0 bridgehead atoms. The average Bonchev–Trinajstić information content (AvgIpc) is 2.46. The zero-order valence-corrected chi connectivity index (χ0v) is 9.09. The van der Waals surface area contributed by atoms with E-state index in [1.54, 1.807) is 30.8 Å². The van der Waals surface area contributed by atoms with Gasteiger partial charge >= 0.3 is 0 Å². The Labute approximate surface area is 91.5 Å². The van der Waals surface area contributed by atoms with E-state index in [-0.39, 0.29) is 5.56 Å². The van der Waals surface area contributed by atoms with Gasteiger partial charge in [-0.15, -0.1) is 0 Å². The minimum absolute atomic E-state index is 0.253. The third kappa shape index (κ3) is 1.72. The topological polar surface area (TPSA) is 30.7 Å². The Kier molecular flexibility index (Phi) is 2.44. The zero-order valence-electron chi connectivity index (χ0n) is 8.33. The van der Waals surface area contributed by atoms with Gasteiger partial charge in [0, 0.05) is 7.05 Å². The summed E-state index contributed by atoms with van der Waals surface area (Å²) in [7, 11) is 1.75. The highest BCUT2D eigenvalue weighted by Gasteiger charge is 2.14. The van der Waals surface area contributed by atoms with Crippen molar-refractivity contribution < 1.29 is 4.39 Å². The molecular weight excluding hydrogens is 217 g/mol. The van der Waals surface area contributed by atoms with Crippen LogP contribution in [0.2, 0.25) is 5.02 Å². The third-order valence-electron chi connectivity index (χ3n) is 2.17. The lowest BCUT2D eigenvalue weighted by atomic mass is 10.2. The molecule has 1 aromatic heterocycles. The molecule has 0 unspecified atom stereocenters. The maximum atomic E-state index is 13.5.